The van der Waals surface area contributed by atoms with Crippen LogP contribution in [0.25, 0.3) is 0 Å². The first-order chi connectivity index (χ1) is 9.64. The third kappa shape index (κ3) is 4.54. The van der Waals surface area contributed by atoms with E-state index in [1.807, 2.05) is 26.8 Å². The normalized spacial score (nSPS) is 15.9. The Morgan fingerprint density at radius 3 is 2.00 bits per heavy atom. The molecule has 0 aliphatic rings. The molecule has 0 aliphatic heterocycles. The third-order valence-electron chi connectivity index (χ3n) is 2.92. The molecule has 116 valence electrons. The van der Waals surface area contributed by atoms with Gasteiger partial charge < -0.3 is 20.1 Å². The molecule has 0 radical (unpaired) electrons. The van der Waals surface area contributed by atoms with Crippen LogP contribution in [-0.2, 0) is 14.3 Å². The molecule has 0 saturated carbocycles. The molecule has 1 unspecified atom stereocenters. The van der Waals surface area contributed by atoms with Crippen molar-refractivity contribution in [3.63, 3.8) is 0 Å². The predicted octanol–water partition coefficient (Wildman–Crippen LogP) is 1.12. The summed E-state index contributed by atoms with van der Waals surface area (Å²) >= 11 is 0. The first-order valence-corrected chi connectivity index (χ1v) is 6.49. The quantitative estimate of drug-likeness (QED) is 0.703. The molecular formula is C15H20O6. The zero-order valence-electron chi connectivity index (χ0n) is 12.2. The van der Waals surface area contributed by atoms with Crippen LogP contribution in [0.15, 0.2) is 30.3 Å². The average molecular weight is 296 g/mol. The van der Waals surface area contributed by atoms with Gasteiger partial charge in [0.25, 0.3) is 0 Å². The van der Waals surface area contributed by atoms with Crippen molar-refractivity contribution in [1.82, 2.24) is 0 Å². The highest BCUT2D eigenvalue weighted by molar-refractivity contribution is 5.84. The van der Waals surface area contributed by atoms with Gasteiger partial charge in [-0.15, -0.1) is 0 Å². The molecule has 0 aromatic heterocycles. The second-order valence-corrected chi connectivity index (χ2v) is 5.82. The van der Waals surface area contributed by atoms with Crippen LogP contribution in [-0.4, -0.2) is 39.5 Å². The van der Waals surface area contributed by atoms with Gasteiger partial charge in [-0.1, -0.05) is 51.1 Å². The molecule has 6 heteroatoms. The molecule has 0 fully saturated rings. The van der Waals surface area contributed by atoms with E-state index in [0.717, 1.165) is 5.56 Å². The lowest BCUT2D eigenvalue weighted by molar-refractivity contribution is -0.178. The summed E-state index contributed by atoms with van der Waals surface area (Å²) in [5, 5.41) is 27.3. The number of benzene rings is 1. The van der Waals surface area contributed by atoms with Crippen LogP contribution in [0.3, 0.4) is 0 Å². The van der Waals surface area contributed by atoms with E-state index < -0.39 is 35.7 Å². The van der Waals surface area contributed by atoms with Crippen LogP contribution in [0.4, 0.5) is 0 Å². The van der Waals surface area contributed by atoms with E-state index in [1.165, 1.54) is 0 Å². The summed E-state index contributed by atoms with van der Waals surface area (Å²) in [5.74, 6) is -2.86. The molecule has 0 saturated heterocycles. The van der Waals surface area contributed by atoms with Gasteiger partial charge in [0.05, 0.1) is 0 Å². The number of hydrogen-bond donors (Lipinski definition) is 3. The predicted molar refractivity (Wildman–Crippen MR) is 74.4 cm³/mol. The lowest BCUT2D eigenvalue weighted by Crippen LogP contribution is -2.42. The van der Waals surface area contributed by atoms with Crippen LogP contribution < -0.4 is 0 Å². The zero-order valence-corrected chi connectivity index (χ0v) is 12.2. The van der Waals surface area contributed by atoms with Gasteiger partial charge >= 0.3 is 11.9 Å². The Hall–Kier alpha value is -1.92. The number of carboxylic acids is 1. The number of aliphatic carboxylic acids is 1. The Balaban J connectivity index is 2.94. The van der Waals surface area contributed by atoms with Crippen LogP contribution in [0.2, 0.25) is 0 Å². The highest BCUT2D eigenvalue weighted by Crippen LogP contribution is 2.36. The Morgan fingerprint density at radius 1 is 1.05 bits per heavy atom. The summed E-state index contributed by atoms with van der Waals surface area (Å²) in [6, 6.07) is 8.91. The van der Waals surface area contributed by atoms with E-state index in [4.69, 9.17) is 9.84 Å². The van der Waals surface area contributed by atoms with Crippen molar-refractivity contribution in [2.45, 2.75) is 39.1 Å². The molecule has 0 bridgehead atoms. The number of aliphatic hydroxyl groups is 2. The molecule has 3 atom stereocenters. The van der Waals surface area contributed by atoms with Crippen LogP contribution in [0, 0.1) is 5.41 Å². The fourth-order valence-corrected chi connectivity index (χ4v) is 1.82. The Morgan fingerprint density at radius 2 is 1.57 bits per heavy atom. The fourth-order valence-electron chi connectivity index (χ4n) is 1.82. The lowest BCUT2D eigenvalue weighted by Gasteiger charge is -2.31. The molecule has 21 heavy (non-hydrogen) atoms. The van der Waals surface area contributed by atoms with E-state index >= 15 is 0 Å². The van der Waals surface area contributed by atoms with E-state index in [2.05, 4.69) is 0 Å². The van der Waals surface area contributed by atoms with E-state index in [0.29, 0.717) is 0 Å². The number of esters is 1. The van der Waals surface area contributed by atoms with Crippen molar-refractivity contribution in [3.05, 3.63) is 35.9 Å². The standard InChI is InChI=1S/C15H20O6/c1-15(2,3)12(9-7-5-4-6-8-9)21-14(20)11(17)10(16)13(18)19/h4-8,10-12,16-17H,1-3H3,(H,18,19)/t10-,11-,12?/m1/s1. The largest absolute Gasteiger partial charge is 0.479 e. The van der Waals surface area contributed by atoms with Gasteiger partial charge in [0.1, 0.15) is 6.10 Å². The van der Waals surface area contributed by atoms with Crippen molar-refractivity contribution >= 4 is 11.9 Å². The van der Waals surface area contributed by atoms with Crippen LogP contribution in [0.1, 0.15) is 32.4 Å². The summed E-state index contributed by atoms with van der Waals surface area (Å²) < 4.78 is 5.22. The van der Waals surface area contributed by atoms with Gasteiger partial charge in [0, 0.05) is 5.41 Å². The maximum Gasteiger partial charge on any atom is 0.338 e. The molecule has 0 aliphatic carbocycles. The van der Waals surface area contributed by atoms with Gasteiger partial charge in [-0.3, -0.25) is 0 Å². The molecule has 0 heterocycles. The summed E-state index contributed by atoms with van der Waals surface area (Å²) in [6.07, 6.45) is -5.02. The minimum absolute atomic E-state index is 0.467. The van der Waals surface area contributed by atoms with Crippen molar-refractivity contribution in [1.29, 1.82) is 0 Å². The van der Waals surface area contributed by atoms with Crippen molar-refractivity contribution < 1.29 is 29.6 Å². The summed E-state index contributed by atoms with van der Waals surface area (Å²) in [6.45, 7) is 5.54. The molecule has 3 N–H and O–H groups in total. The molecular weight excluding hydrogens is 276 g/mol. The SMILES string of the molecule is CC(C)(C)C(OC(=O)[C@H](O)[C@@H](O)C(=O)O)c1ccccc1. The number of carbonyl (C=O) groups is 2. The maximum atomic E-state index is 11.8. The summed E-state index contributed by atoms with van der Waals surface area (Å²) in [7, 11) is 0. The Kier molecular flexibility index (Phi) is 5.46. The Labute approximate surface area is 123 Å². The molecule has 0 amide bonds. The zero-order chi connectivity index (χ0) is 16.2. The first kappa shape index (κ1) is 17.1. The molecule has 1 aromatic rings. The lowest BCUT2D eigenvalue weighted by atomic mass is 9.84. The highest BCUT2D eigenvalue weighted by atomic mass is 16.6. The number of rotatable bonds is 5. The Bertz CT molecular complexity index is 491. The number of ether oxygens (including phenoxy) is 1. The van der Waals surface area contributed by atoms with Crippen molar-refractivity contribution in [3.8, 4) is 0 Å². The minimum Gasteiger partial charge on any atom is -0.479 e. The van der Waals surface area contributed by atoms with Gasteiger partial charge in [-0.25, -0.2) is 9.59 Å². The number of aliphatic hydroxyl groups excluding tert-OH is 2. The monoisotopic (exact) mass is 296 g/mol. The third-order valence-corrected chi connectivity index (χ3v) is 2.92. The smallest absolute Gasteiger partial charge is 0.338 e. The summed E-state index contributed by atoms with van der Waals surface area (Å²) in [4.78, 5) is 22.4. The van der Waals surface area contributed by atoms with Crippen LogP contribution >= 0.6 is 0 Å². The van der Waals surface area contributed by atoms with Gasteiger partial charge in [-0.05, 0) is 5.56 Å². The second-order valence-electron chi connectivity index (χ2n) is 5.82. The number of carboxylic acid groups (broad SMARTS) is 1. The number of carbonyl (C=O) groups excluding carboxylic acids is 1. The molecule has 1 aromatic carbocycles. The summed E-state index contributed by atoms with van der Waals surface area (Å²) in [5.41, 5.74) is 0.251. The highest BCUT2D eigenvalue weighted by Gasteiger charge is 2.36. The molecule has 6 nitrogen and oxygen atoms in total. The molecule has 1 rings (SSSR count). The maximum absolute atomic E-state index is 11.8. The van der Waals surface area contributed by atoms with Crippen molar-refractivity contribution in [2.75, 3.05) is 0 Å². The van der Waals surface area contributed by atoms with E-state index in [1.54, 1.807) is 24.3 Å². The second kappa shape index (κ2) is 6.69. The van der Waals surface area contributed by atoms with E-state index in [-0.39, 0.29) is 0 Å². The first-order valence-electron chi connectivity index (χ1n) is 6.49. The van der Waals surface area contributed by atoms with E-state index in [9.17, 15) is 19.8 Å². The topological polar surface area (TPSA) is 104 Å². The fraction of sp³-hybridized carbons (Fsp3) is 0.467. The van der Waals surface area contributed by atoms with Gasteiger partial charge in [-0.2, -0.15) is 0 Å². The van der Waals surface area contributed by atoms with Gasteiger partial charge in [0.2, 0.25) is 0 Å². The minimum atomic E-state index is -2.21. The molecule has 0 spiro atoms. The average Bonchev–Trinajstić information content (AvgIpc) is 2.42. The number of hydrogen-bond acceptors (Lipinski definition) is 5. The van der Waals surface area contributed by atoms with Crippen LogP contribution in [0.5, 0.6) is 0 Å². The van der Waals surface area contributed by atoms with Crippen molar-refractivity contribution in [2.24, 2.45) is 5.41 Å². The van der Waals surface area contributed by atoms with Gasteiger partial charge in [0.15, 0.2) is 12.2 Å².